The van der Waals surface area contributed by atoms with E-state index >= 15 is 0 Å². The molecule has 1 saturated heterocycles. The summed E-state index contributed by atoms with van der Waals surface area (Å²) in [6.07, 6.45) is 1.69. The molecule has 1 aliphatic rings. The highest BCUT2D eigenvalue weighted by atomic mass is 16.6. The topological polar surface area (TPSA) is 56.8 Å². The van der Waals surface area contributed by atoms with Gasteiger partial charge in [-0.15, -0.1) is 0 Å². The summed E-state index contributed by atoms with van der Waals surface area (Å²) in [5.41, 5.74) is -0.313. The molecule has 0 aromatic carbocycles. The molecule has 100 valence electrons. The van der Waals surface area contributed by atoms with Gasteiger partial charge in [-0.3, -0.25) is 4.79 Å². The largest absolute Gasteiger partial charge is 0.463 e. The van der Waals surface area contributed by atoms with Gasteiger partial charge in [-0.25, -0.2) is 0 Å². The first kappa shape index (κ1) is 14.4. The van der Waals surface area contributed by atoms with Gasteiger partial charge in [-0.1, -0.05) is 6.92 Å². The Morgan fingerprint density at radius 3 is 2.65 bits per heavy atom. The molecule has 1 heterocycles. The number of rotatable bonds is 8. The predicted molar refractivity (Wildman–Crippen MR) is 63.9 cm³/mol. The average molecular weight is 245 g/mol. The zero-order valence-corrected chi connectivity index (χ0v) is 10.8. The Morgan fingerprint density at radius 1 is 1.29 bits per heavy atom. The van der Waals surface area contributed by atoms with Gasteiger partial charge >= 0.3 is 5.97 Å². The van der Waals surface area contributed by atoms with Crippen LogP contribution in [0.5, 0.6) is 0 Å². The molecule has 0 radical (unpaired) electrons. The molecule has 1 unspecified atom stereocenters. The molecular formula is C12H23NO4. The van der Waals surface area contributed by atoms with Crippen LogP contribution in [0.25, 0.3) is 0 Å². The zero-order valence-electron chi connectivity index (χ0n) is 10.8. The van der Waals surface area contributed by atoms with Crippen molar-refractivity contribution in [2.24, 2.45) is 5.41 Å². The molecule has 1 atom stereocenters. The third-order valence-corrected chi connectivity index (χ3v) is 3.25. The van der Waals surface area contributed by atoms with Crippen LogP contribution in [0.3, 0.4) is 0 Å². The summed E-state index contributed by atoms with van der Waals surface area (Å²) in [7, 11) is 1.63. The minimum absolute atomic E-state index is 0.0969. The number of methoxy groups -OCH3 is 1. The Morgan fingerprint density at radius 2 is 2.06 bits per heavy atom. The SMILES string of the molecule is CCC1(C(=O)OCCOCCOC)CCNC1. The van der Waals surface area contributed by atoms with Crippen molar-refractivity contribution in [1.29, 1.82) is 0 Å². The lowest BCUT2D eigenvalue weighted by molar-refractivity contribution is -0.156. The summed E-state index contributed by atoms with van der Waals surface area (Å²) in [4.78, 5) is 11.9. The molecule has 1 aliphatic heterocycles. The van der Waals surface area contributed by atoms with E-state index in [-0.39, 0.29) is 11.4 Å². The van der Waals surface area contributed by atoms with Crippen LogP contribution in [0.15, 0.2) is 0 Å². The highest BCUT2D eigenvalue weighted by Gasteiger charge is 2.40. The predicted octanol–water partition coefficient (Wildman–Crippen LogP) is 0.582. The quantitative estimate of drug-likeness (QED) is 0.501. The van der Waals surface area contributed by atoms with Gasteiger partial charge in [0.1, 0.15) is 6.61 Å². The highest BCUT2D eigenvalue weighted by Crippen LogP contribution is 2.30. The fourth-order valence-electron chi connectivity index (χ4n) is 1.95. The molecule has 17 heavy (non-hydrogen) atoms. The monoisotopic (exact) mass is 245 g/mol. The second kappa shape index (κ2) is 7.63. The van der Waals surface area contributed by atoms with E-state index in [2.05, 4.69) is 5.32 Å². The number of carbonyl (C=O) groups is 1. The summed E-state index contributed by atoms with van der Waals surface area (Å²) >= 11 is 0. The number of carbonyl (C=O) groups excluding carboxylic acids is 1. The molecule has 0 aromatic heterocycles. The minimum Gasteiger partial charge on any atom is -0.463 e. The summed E-state index contributed by atoms with van der Waals surface area (Å²) in [6.45, 7) is 5.52. The highest BCUT2D eigenvalue weighted by molar-refractivity contribution is 5.77. The number of hydrogen-bond donors (Lipinski definition) is 1. The standard InChI is InChI=1S/C12H23NO4/c1-3-12(4-5-13-10-12)11(14)17-9-8-16-7-6-15-2/h13H,3-10H2,1-2H3. The lowest BCUT2D eigenvalue weighted by Crippen LogP contribution is -2.35. The molecular weight excluding hydrogens is 222 g/mol. The molecule has 1 N–H and O–H groups in total. The molecule has 1 rings (SSSR count). The Balaban J connectivity index is 2.15. The van der Waals surface area contributed by atoms with E-state index in [4.69, 9.17) is 14.2 Å². The summed E-state index contributed by atoms with van der Waals surface area (Å²) in [5.74, 6) is -0.0969. The molecule has 0 aromatic rings. The van der Waals surface area contributed by atoms with Crippen LogP contribution < -0.4 is 5.32 Å². The van der Waals surface area contributed by atoms with Gasteiger partial charge in [0.05, 0.1) is 25.2 Å². The Labute approximate surface area is 103 Å². The van der Waals surface area contributed by atoms with Gasteiger partial charge in [0.25, 0.3) is 0 Å². The van der Waals surface area contributed by atoms with Crippen molar-refractivity contribution in [3.05, 3.63) is 0 Å². The van der Waals surface area contributed by atoms with Crippen LogP contribution in [-0.4, -0.2) is 52.6 Å². The molecule has 0 saturated carbocycles. The Hall–Kier alpha value is -0.650. The molecule has 0 aliphatic carbocycles. The fourth-order valence-corrected chi connectivity index (χ4v) is 1.95. The summed E-state index contributed by atoms with van der Waals surface area (Å²) < 4.78 is 15.3. The van der Waals surface area contributed by atoms with Gasteiger partial charge in [0.2, 0.25) is 0 Å². The summed E-state index contributed by atoms with van der Waals surface area (Å²) in [5, 5.41) is 3.21. The fraction of sp³-hybridized carbons (Fsp3) is 0.917. The Kier molecular flexibility index (Phi) is 6.47. The van der Waals surface area contributed by atoms with Crippen LogP contribution >= 0.6 is 0 Å². The van der Waals surface area contributed by atoms with Crippen molar-refractivity contribution >= 4 is 5.97 Å². The first-order chi connectivity index (χ1) is 8.25. The maximum Gasteiger partial charge on any atom is 0.313 e. The molecule has 5 heteroatoms. The van der Waals surface area contributed by atoms with Crippen LogP contribution in [0.1, 0.15) is 19.8 Å². The normalized spacial score (nSPS) is 23.9. The van der Waals surface area contributed by atoms with Crippen molar-refractivity contribution < 1.29 is 19.0 Å². The van der Waals surface area contributed by atoms with Crippen LogP contribution in [0.2, 0.25) is 0 Å². The van der Waals surface area contributed by atoms with E-state index < -0.39 is 0 Å². The van der Waals surface area contributed by atoms with E-state index in [1.165, 1.54) is 0 Å². The van der Waals surface area contributed by atoms with Crippen LogP contribution in [0.4, 0.5) is 0 Å². The second-order valence-electron chi connectivity index (χ2n) is 4.30. The number of nitrogens with one attached hydrogen (secondary N) is 1. The van der Waals surface area contributed by atoms with E-state index in [9.17, 15) is 4.79 Å². The maximum absolute atomic E-state index is 11.9. The van der Waals surface area contributed by atoms with Gasteiger partial charge < -0.3 is 19.5 Å². The van der Waals surface area contributed by atoms with Gasteiger partial charge in [-0.05, 0) is 19.4 Å². The van der Waals surface area contributed by atoms with Crippen molar-refractivity contribution in [1.82, 2.24) is 5.32 Å². The van der Waals surface area contributed by atoms with Crippen molar-refractivity contribution in [2.75, 3.05) is 46.6 Å². The van der Waals surface area contributed by atoms with E-state index in [1.807, 2.05) is 6.92 Å². The average Bonchev–Trinajstić information content (AvgIpc) is 2.83. The smallest absolute Gasteiger partial charge is 0.313 e. The third kappa shape index (κ3) is 4.26. The lowest BCUT2D eigenvalue weighted by atomic mass is 9.84. The molecule has 1 fully saturated rings. The van der Waals surface area contributed by atoms with E-state index in [0.29, 0.717) is 26.4 Å². The minimum atomic E-state index is -0.313. The zero-order chi connectivity index (χ0) is 12.6. The van der Waals surface area contributed by atoms with Crippen molar-refractivity contribution in [3.8, 4) is 0 Å². The maximum atomic E-state index is 11.9. The molecule has 0 bridgehead atoms. The lowest BCUT2D eigenvalue weighted by Gasteiger charge is -2.23. The van der Waals surface area contributed by atoms with E-state index in [1.54, 1.807) is 7.11 Å². The van der Waals surface area contributed by atoms with Gasteiger partial charge in [0.15, 0.2) is 0 Å². The number of hydrogen-bond acceptors (Lipinski definition) is 5. The van der Waals surface area contributed by atoms with Crippen molar-refractivity contribution in [2.45, 2.75) is 19.8 Å². The second-order valence-corrected chi connectivity index (χ2v) is 4.30. The molecule has 5 nitrogen and oxygen atoms in total. The van der Waals surface area contributed by atoms with Gasteiger partial charge in [0, 0.05) is 13.7 Å². The Bertz CT molecular complexity index is 227. The summed E-state index contributed by atoms with van der Waals surface area (Å²) in [6, 6.07) is 0. The van der Waals surface area contributed by atoms with Crippen molar-refractivity contribution in [3.63, 3.8) is 0 Å². The number of ether oxygens (including phenoxy) is 3. The van der Waals surface area contributed by atoms with E-state index in [0.717, 1.165) is 25.9 Å². The third-order valence-electron chi connectivity index (χ3n) is 3.25. The first-order valence-electron chi connectivity index (χ1n) is 6.20. The molecule has 0 spiro atoms. The van der Waals surface area contributed by atoms with Gasteiger partial charge in [-0.2, -0.15) is 0 Å². The first-order valence-corrected chi connectivity index (χ1v) is 6.20. The molecule has 0 amide bonds. The number of esters is 1. The van der Waals surface area contributed by atoms with Crippen LogP contribution in [0, 0.1) is 5.41 Å². The van der Waals surface area contributed by atoms with Crippen LogP contribution in [-0.2, 0) is 19.0 Å².